The molecule has 0 spiro atoms. The molecule has 0 aliphatic carbocycles. The second-order valence-corrected chi connectivity index (χ2v) is 5.69. The van der Waals surface area contributed by atoms with Gasteiger partial charge in [-0.2, -0.15) is 0 Å². The topological polar surface area (TPSA) is 17.1 Å². The highest BCUT2D eigenvalue weighted by atomic mass is 31.1. The van der Waals surface area contributed by atoms with Crippen molar-refractivity contribution in [3.63, 3.8) is 0 Å². The molecule has 0 aromatic heterocycles. The van der Waals surface area contributed by atoms with E-state index in [1.54, 1.807) is 0 Å². The largest absolute Gasteiger partial charge is 0.317 e. The van der Waals surface area contributed by atoms with Crippen LogP contribution in [0.2, 0.25) is 0 Å². The van der Waals surface area contributed by atoms with Gasteiger partial charge in [-0.1, -0.05) is 48.5 Å². The molecular weight excluding hydrogens is 215 g/mol. The molecule has 0 bridgehead atoms. The van der Waals surface area contributed by atoms with Gasteiger partial charge in [-0.05, 0) is 25.0 Å². The van der Waals surface area contributed by atoms with E-state index in [0.29, 0.717) is 0 Å². The molecule has 16 heavy (non-hydrogen) atoms. The molecule has 0 aliphatic heterocycles. The van der Waals surface area contributed by atoms with Gasteiger partial charge in [-0.15, -0.1) is 0 Å². The molecular formula is C14H15OP. The number of aryl methyl sites for hydroxylation is 2. The standard InChI is InChI=1S/C14H15OP/c1-11-7-3-5-9-13(11)16(15)14-10-6-4-8-12(14)2/h3-10,16H,1-2H3. The summed E-state index contributed by atoms with van der Waals surface area (Å²) in [6.45, 7) is 4.02. The number of rotatable bonds is 2. The third-order valence-corrected chi connectivity index (χ3v) is 4.88. The van der Waals surface area contributed by atoms with Crippen molar-refractivity contribution < 1.29 is 4.57 Å². The van der Waals surface area contributed by atoms with Gasteiger partial charge in [0, 0.05) is 10.6 Å². The minimum atomic E-state index is -1.85. The molecule has 2 aromatic rings. The van der Waals surface area contributed by atoms with Crippen LogP contribution in [0.5, 0.6) is 0 Å². The van der Waals surface area contributed by atoms with Crippen LogP contribution in [-0.2, 0) is 4.57 Å². The summed E-state index contributed by atoms with van der Waals surface area (Å²) in [5.41, 5.74) is 2.21. The normalized spacial score (nSPS) is 10.7. The van der Waals surface area contributed by atoms with Crippen molar-refractivity contribution in [1.29, 1.82) is 0 Å². The van der Waals surface area contributed by atoms with E-state index in [1.807, 2.05) is 62.4 Å². The predicted octanol–water partition coefficient (Wildman–Crippen LogP) is 2.81. The first-order valence-electron chi connectivity index (χ1n) is 5.36. The van der Waals surface area contributed by atoms with E-state index in [0.717, 1.165) is 21.7 Å². The predicted molar refractivity (Wildman–Crippen MR) is 70.6 cm³/mol. The molecule has 0 unspecified atom stereocenters. The molecule has 0 N–H and O–H groups in total. The van der Waals surface area contributed by atoms with Crippen molar-refractivity contribution in [2.45, 2.75) is 13.8 Å². The minimum absolute atomic E-state index is 0.974. The summed E-state index contributed by atoms with van der Waals surface area (Å²) >= 11 is 0. The molecule has 0 amide bonds. The molecule has 0 heterocycles. The van der Waals surface area contributed by atoms with Crippen molar-refractivity contribution in [3.05, 3.63) is 59.7 Å². The summed E-state index contributed by atoms with van der Waals surface area (Å²) in [7, 11) is -1.85. The highest BCUT2D eigenvalue weighted by Crippen LogP contribution is 2.22. The van der Waals surface area contributed by atoms with Crippen LogP contribution in [0.3, 0.4) is 0 Å². The second kappa shape index (κ2) is 4.67. The van der Waals surface area contributed by atoms with Gasteiger partial charge in [-0.25, -0.2) is 0 Å². The molecule has 82 valence electrons. The Labute approximate surface area is 96.9 Å². The van der Waals surface area contributed by atoms with E-state index in [2.05, 4.69) is 0 Å². The fourth-order valence-electron chi connectivity index (χ4n) is 1.80. The van der Waals surface area contributed by atoms with E-state index in [1.165, 1.54) is 0 Å². The first-order chi connectivity index (χ1) is 7.70. The molecule has 0 atom stereocenters. The van der Waals surface area contributed by atoms with Crippen molar-refractivity contribution in [3.8, 4) is 0 Å². The van der Waals surface area contributed by atoms with Crippen LogP contribution in [0.25, 0.3) is 0 Å². The van der Waals surface area contributed by atoms with Crippen LogP contribution in [0.1, 0.15) is 11.1 Å². The lowest BCUT2D eigenvalue weighted by Gasteiger charge is -2.08. The Bertz CT molecular complexity index is 484. The van der Waals surface area contributed by atoms with Crippen molar-refractivity contribution >= 4 is 18.4 Å². The summed E-state index contributed by atoms with van der Waals surface area (Å²) in [6, 6.07) is 15.8. The molecule has 1 nitrogen and oxygen atoms in total. The summed E-state index contributed by atoms with van der Waals surface area (Å²) in [4.78, 5) is 0. The average Bonchev–Trinajstić information content (AvgIpc) is 2.29. The van der Waals surface area contributed by atoms with Gasteiger partial charge in [0.25, 0.3) is 0 Å². The molecule has 0 fully saturated rings. The molecule has 0 saturated heterocycles. The quantitative estimate of drug-likeness (QED) is 0.725. The third-order valence-electron chi connectivity index (χ3n) is 2.78. The van der Waals surface area contributed by atoms with Crippen LogP contribution in [0, 0.1) is 13.8 Å². The van der Waals surface area contributed by atoms with Crippen LogP contribution in [-0.4, -0.2) is 0 Å². The van der Waals surface area contributed by atoms with Gasteiger partial charge in [0.1, 0.15) is 7.80 Å². The Balaban J connectivity index is 2.48. The first kappa shape index (κ1) is 11.2. The Kier molecular flexibility index (Phi) is 3.26. The summed E-state index contributed by atoms with van der Waals surface area (Å²) in [5.74, 6) is 0. The maximum absolute atomic E-state index is 12.5. The van der Waals surface area contributed by atoms with Crippen LogP contribution in [0.15, 0.2) is 48.5 Å². The molecule has 0 aliphatic rings. The van der Waals surface area contributed by atoms with Gasteiger partial charge in [0.2, 0.25) is 0 Å². The lowest BCUT2D eigenvalue weighted by molar-refractivity contribution is 0.598. The van der Waals surface area contributed by atoms with E-state index in [9.17, 15) is 4.57 Å². The average molecular weight is 230 g/mol. The molecule has 2 aromatic carbocycles. The van der Waals surface area contributed by atoms with Crippen molar-refractivity contribution in [2.24, 2.45) is 0 Å². The van der Waals surface area contributed by atoms with Crippen molar-refractivity contribution in [2.75, 3.05) is 0 Å². The van der Waals surface area contributed by atoms with E-state index in [-0.39, 0.29) is 0 Å². The Morgan fingerprint density at radius 3 is 1.50 bits per heavy atom. The van der Waals surface area contributed by atoms with Crippen LogP contribution in [0.4, 0.5) is 0 Å². The minimum Gasteiger partial charge on any atom is -0.317 e. The zero-order valence-corrected chi connectivity index (χ0v) is 10.5. The fraction of sp³-hybridized carbons (Fsp3) is 0.143. The summed E-state index contributed by atoms with van der Waals surface area (Å²) < 4.78 is 12.5. The van der Waals surface area contributed by atoms with Crippen LogP contribution >= 0.6 is 7.80 Å². The SMILES string of the molecule is Cc1ccccc1[PH](=O)c1ccccc1C. The molecule has 0 radical (unpaired) electrons. The number of hydrogen-bond acceptors (Lipinski definition) is 1. The number of hydrogen-bond donors (Lipinski definition) is 0. The zero-order chi connectivity index (χ0) is 11.5. The zero-order valence-electron chi connectivity index (χ0n) is 9.53. The highest BCUT2D eigenvalue weighted by Gasteiger charge is 2.10. The summed E-state index contributed by atoms with van der Waals surface area (Å²) in [6.07, 6.45) is 0. The second-order valence-electron chi connectivity index (χ2n) is 3.96. The third kappa shape index (κ3) is 2.10. The van der Waals surface area contributed by atoms with E-state index in [4.69, 9.17) is 0 Å². The van der Waals surface area contributed by atoms with Gasteiger partial charge in [0.05, 0.1) is 0 Å². The first-order valence-corrected chi connectivity index (χ1v) is 6.77. The monoisotopic (exact) mass is 230 g/mol. The van der Waals surface area contributed by atoms with Crippen molar-refractivity contribution in [1.82, 2.24) is 0 Å². The maximum atomic E-state index is 12.5. The molecule has 2 heteroatoms. The lowest BCUT2D eigenvalue weighted by atomic mass is 10.2. The smallest absolute Gasteiger partial charge is 0.132 e. The summed E-state index contributed by atoms with van der Waals surface area (Å²) in [5, 5.41) is 1.95. The Hall–Kier alpha value is -1.33. The molecule has 0 saturated carbocycles. The van der Waals surface area contributed by atoms with Gasteiger partial charge >= 0.3 is 0 Å². The highest BCUT2D eigenvalue weighted by molar-refractivity contribution is 7.61. The van der Waals surface area contributed by atoms with Gasteiger partial charge in [0.15, 0.2) is 0 Å². The van der Waals surface area contributed by atoms with Gasteiger partial charge in [-0.3, -0.25) is 0 Å². The lowest BCUT2D eigenvalue weighted by Crippen LogP contribution is -2.11. The van der Waals surface area contributed by atoms with E-state index < -0.39 is 7.80 Å². The fourth-order valence-corrected chi connectivity index (χ4v) is 3.47. The Morgan fingerprint density at radius 1 is 0.750 bits per heavy atom. The maximum Gasteiger partial charge on any atom is 0.132 e. The number of benzene rings is 2. The Morgan fingerprint density at radius 2 is 1.12 bits per heavy atom. The van der Waals surface area contributed by atoms with E-state index >= 15 is 0 Å². The van der Waals surface area contributed by atoms with Crippen LogP contribution < -0.4 is 10.6 Å². The molecule has 2 rings (SSSR count). The van der Waals surface area contributed by atoms with Gasteiger partial charge < -0.3 is 4.57 Å².